The average Bonchev–Trinajstić information content (AvgIpc) is 2.74. The van der Waals surface area contributed by atoms with E-state index in [2.05, 4.69) is 45.6 Å². The van der Waals surface area contributed by atoms with Gasteiger partial charge in [-0.2, -0.15) is 0 Å². The molecule has 0 unspecified atom stereocenters. The molecule has 4 rings (SSSR count). The summed E-state index contributed by atoms with van der Waals surface area (Å²) < 4.78 is 5.46. The van der Waals surface area contributed by atoms with E-state index in [1.54, 1.807) is 13.4 Å². The summed E-state index contributed by atoms with van der Waals surface area (Å²) in [6, 6.07) is 22.3. The lowest BCUT2D eigenvalue weighted by Crippen LogP contribution is -2.07. The summed E-state index contributed by atoms with van der Waals surface area (Å²) in [4.78, 5) is 8.65. The zero-order chi connectivity index (χ0) is 19.3. The van der Waals surface area contributed by atoms with Crippen molar-refractivity contribution in [2.24, 2.45) is 0 Å². The van der Waals surface area contributed by atoms with E-state index in [0.717, 1.165) is 46.6 Å². The molecule has 0 saturated carbocycles. The molecule has 1 aromatic heterocycles. The molecule has 0 fully saturated rings. The molecule has 0 aliphatic carbocycles. The SMILES string of the molecule is COc1ccccc1-c1ccc(CCNc2ncnc3ccc(N)cc23)cc1. The van der Waals surface area contributed by atoms with E-state index in [-0.39, 0.29) is 0 Å². The van der Waals surface area contributed by atoms with Gasteiger partial charge in [0.2, 0.25) is 0 Å². The second-order valence-corrected chi connectivity index (χ2v) is 6.57. The van der Waals surface area contributed by atoms with Gasteiger partial charge in [0, 0.05) is 23.2 Å². The van der Waals surface area contributed by atoms with Gasteiger partial charge in [0.1, 0.15) is 17.9 Å². The van der Waals surface area contributed by atoms with Crippen LogP contribution in [0.5, 0.6) is 5.75 Å². The van der Waals surface area contributed by atoms with Gasteiger partial charge >= 0.3 is 0 Å². The van der Waals surface area contributed by atoms with Crippen molar-refractivity contribution in [1.29, 1.82) is 0 Å². The number of hydrogen-bond acceptors (Lipinski definition) is 5. The number of nitrogens with one attached hydrogen (secondary N) is 1. The first-order valence-electron chi connectivity index (χ1n) is 9.21. The summed E-state index contributed by atoms with van der Waals surface area (Å²) >= 11 is 0. The Bertz CT molecular complexity index is 1090. The van der Waals surface area contributed by atoms with Crippen molar-refractivity contribution < 1.29 is 4.74 Å². The van der Waals surface area contributed by atoms with Crippen molar-refractivity contribution in [3.8, 4) is 16.9 Å². The maximum Gasteiger partial charge on any atom is 0.137 e. The topological polar surface area (TPSA) is 73.1 Å². The highest BCUT2D eigenvalue weighted by Crippen LogP contribution is 2.29. The third-order valence-corrected chi connectivity index (χ3v) is 4.74. The number of methoxy groups -OCH3 is 1. The molecular weight excluding hydrogens is 348 g/mol. The second-order valence-electron chi connectivity index (χ2n) is 6.57. The summed E-state index contributed by atoms with van der Waals surface area (Å²) in [6.45, 7) is 0.773. The molecule has 3 N–H and O–H groups in total. The molecule has 0 radical (unpaired) electrons. The van der Waals surface area contributed by atoms with Crippen LogP contribution in [0.4, 0.5) is 11.5 Å². The van der Waals surface area contributed by atoms with Gasteiger partial charge in [-0.3, -0.25) is 0 Å². The van der Waals surface area contributed by atoms with Gasteiger partial charge in [-0.1, -0.05) is 42.5 Å². The lowest BCUT2D eigenvalue weighted by molar-refractivity contribution is 0.416. The summed E-state index contributed by atoms with van der Waals surface area (Å²) in [5.41, 5.74) is 11.0. The standard InChI is InChI=1S/C23H22N4O/c1-28-22-5-3-2-4-19(22)17-8-6-16(7-9-17)12-13-25-23-20-14-18(24)10-11-21(20)26-15-27-23/h2-11,14-15H,12-13,24H2,1H3,(H,25,26,27). The molecule has 0 aliphatic rings. The Morgan fingerprint density at radius 1 is 0.964 bits per heavy atom. The molecule has 3 aromatic carbocycles. The largest absolute Gasteiger partial charge is 0.496 e. The quantitative estimate of drug-likeness (QED) is 0.487. The normalized spacial score (nSPS) is 10.8. The number of anilines is 2. The number of fused-ring (bicyclic) bond motifs is 1. The van der Waals surface area contributed by atoms with E-state index in [1.807, 2.05) is 36.4 Å². The molecule has 5 heteroatoms. The van der Waals surface area contributed by atoms with Crippen LogP contribution in [0.2, 0.25) is 0 Å². The predicted molar refractivity (Wildman–Crippen MR) is 115 cm³/mol. The minimum Gasteiger partial charge on any atom is -0.496 e. The molecule has 1 heterocycles. The molecule has 0 saturated heterocycles. The lowest BCUT2D eigenvalue weighted by atomic mass is 10.0. The Labute approximate surface area is 164 Å². The van der Waals surface area contributed by atoms with Crippen LogP contribution in [0.25, 0.3) is 22.0 Å². The number of para-hydroxylation sites is 1. The van der Waals surface area contributed by atoms with Gasteiger partial charge in [0.15, 0.2) is 0 Å². The van der Waals surface area contributed by atoms with E-state index in [0.29, 0.717) is 5.69 Å². The van der Waals surface area contributed by atoms with Gasteiger partial charge in [-0.05, 0) is 41.8 Å². The summed E-state index contributed by atoms with van der Waals surface area (Å²) in [6.07, 6.45) is 2.46. The van der Waals surface area contributed by atoms with Crippen LogP contribution in [0.3, 0.4) is 0 Å². The summed E-state index contributed by atoms with van der Waals surface area (Å²) in [5, 5.41) is 4.34. The van der Waals surface area contributed by atoms with Crippen LogP contribution < -0.4 is 15.8 Å². The molecule has 0 atom stereocenters. The third kappa shape index (κ3) is 3.74. The van der Waals surface area contributed by atoms with Gasteiger partial charge in [-0.15, -0.1) is 0 Å². The summed E-state index contributed by atoms with van der Waals surface area (Å²) in [7, 11) is 1.70. The average molecular weight is 370 g/mol. The maximum absolute atomic E-state index is 5.90. The van der Waals surface area contributed by atoms with Crippen LogP contribution in [0.1, 0.15) is 5.56 Å². The van der Waals surface area contributed by atoms with E-state index >= 15 is 0 Å². The molecule has 0 amide bonds. The molecule has 5 nitrogen and oxygen atoms in total. The number of benzene rings is 3. The first-order chi connectivity index (χ1) is 13.7. The summed E-state index contributed by atoms with van der Waals surface area (Å²) in [5.74, 6) is 1.69. The van der Waals surface area contributed by atoms with Crippen molar-refractivity contribution in [2.75, 3.05) is 24.7 Å². The Hall–Kier alpha value is -3.60. The molecule has 4 aromatic rings. The highest BCUT2D eigenvalue weighted by molar-refractivity contribution is 5.91. The van der Waals surface area contributed by atoms with Gasteiger partial charge < -0.3 is 15.8 Å². The molecular formula is C23H22N4O. The number of nitrogen functional groups attached to an aromatic ring is 1. The van der Waals surface area contributed by atoms with Crippen LogP contribution in [-0.4, -0.2) is 23.6 Å². The first kappa shape index (κ1) is 17.8. The molecule has 28 heavy (non-hydrogen) atoms. The monoisotopic (exact) mass is 370 g/mol. The number of hydrogen-bond donors (Lipinski definition) is 2. The second kappa shape index (κ2) is 7.96. The molecule has 0 aliphatic heterocycles. The van der Waals surface area contributed by atoms with E-state index < -0.39 is 0 Å². The predicted octanol–water partition coefficient (Wildman–Crippen LogP) is 4.54. The number of aromatic nitrogens is 2. The van der Waals surface area contributed by atoms with Crippen molar-refractivity contribution in [2.45, 2.75) is 6.42 Å². The third-order valence-electron chi connectivity index (χ3n) is 4.74. The molecule has 140 valence electrons. The van der Waals surface area contributed by atoms with Crippen LogP contribution >= 0.6 is 0 Å². The Balaban J connectivity index is 1.44. The van der Waals surface area contributed by atoms with Crippen molar-refractivity contribution in [1.82, 2.24) is 9.97 Å². The van der Waals surface area contributed by atoms with E-state index in [9.17, 15) is 0 Å². The first-order valence-corrected chi connectivity index (χ1v) is 9.21. The smallest absolute Gasteiger partial charge is 0.137 e. The van der Waals surface area contributed by atoms with Gasteiger partial charge in [0.25, 0.3) is 0 Å². The van der Waals surface area contributed by atoms with Crippen LogP contribution in [0, 0.1) is 0 Å². The van der Waals surface area contributed by atoms with Gasteiger partial charge in [0.05, 0.1) is 12.6 Å². The minimum atomic E-state index is 0.706. The Morgan fingerprint density at radius 3 is 2.61 bits per heavy atom. The highest BCUT2D eigenvalue weighted by Gasteiger charge is 2.06. The fraction of sp³-hybridized carbons (Fsp3) is 0.130. The number of ether oxygens (including phenoxy) is 1. The molecule has 0 spiro atoms. The Morgan fingerprint density at radius 2 is 1.79 bits per heavy atom. The number of nitrogens with zero attached hydrogens (tertiary/aromatic N) is 2. The maximum atomic E-state index is 5.90. The zero-order valence-corrected chi connectivity index (χ0v) is 15.7. The molecule has 0 bridgehead atoms. The van der Waals surface area contributed by atoms with E-state index in [1.165, 1.54) is 5.56 Å². The van der Waals surface area contributed by atoms with Crippen molar-refractivity contribution >= 4 is 22.4 Å². The van der Waals surface area contributed by atoms with E-state index in [4.69, 9.17) is 10.5 Å². The van der Waals surface area contributed by atoms with Crippen molar-refractivity contribution in [3.63, 3.8) is 0 Å². The van der Waals surface area contributed by atoms with Crippen molar-refractivity contribution in [3.05, 3.63) is 78.6 Å². The highest BCUT2D eigenvalue weighted by atomic mass is 16.5. The van der Waals surface area contributed by atoms with Gasteiger partial charge in [-0.25, -0.2) is 9.97 Å². The van der Waals surface area contributed by atoms with Crippen LogP contribution in [0.15, 0.2) is 73.1 Å². The lowest BCUT2D eigenvalue weighted by Gasteiger charge is -2.10. The minimum absolute atomic E-state index is 0.706. The number of rotatable bonds is 6. The Kier molecular flexibility index (Phi) is 5.06. The number of nitrogens with two attached hydrogens (primary N) is 1. The fourth-order valence-corrected chi connectivity index (χ4v) is 3.27. The van der Waals surface area contributed by atoms with Crippen LogP contribution in [-0.2, 0) is 6.42 Å². The fourth-order valence-electron chi connectivity index (χ4n) is 3.27. The zero-order valence-electron chi connectivity index (χ0n) is 15.7.